The first-order chi connectivity index (χ1) is 7.24. The molecule has 90 valence electrons. The monoisotopic (exact) mass is 214 g/mol. The molecular formula is C12H26N2O. The van der Waals surface area contributed by atoms with Gasteiger partial charge >= 0.3 is 0 Å². The van der Waals surface area contributed by atoms with E-state index >= 15 is 0 Å². The lowest BCUT2D eigenvalue weighted by atomic mass is 9.94. The van der Waals surface area contributed by atoms with Gasteiger partial charge in [0.05, 0.1) is 0 Å². The predicted octanol–water partition coefficient (Wildman–Crippen LogP) is 1.21. The second kappa shape index (κ2) is 7.20. The minimum absolute atomic E-state index is 0.339. The minimum atomic E-state index is 0.339. The highest BCUT2D eigenvalue weighted by Gasteiger charge is 2.22. The molecule has 0 saturated carbocycles. The van der Waals surface area contributed by atoms with E-state index in [-0.39, 0.29) is 0 Å². The molecule has 0 radical (unpaired) electrons. The fourth-order valence-corrected chi connectivity index (χ4v) is 2.17. The summed E-state index contributed by atoms with van der Waals surface area (Å²) in [6.07, 6.45) is 5.85. The highest BCUT2D eigenvalue weighted by molar-refractivity contribution is 4.80. The molecule has 0 aliphatic carbocycles. The lowest BCUT2D eigenvalue weighted by molar-refractivity contribution is 0.166. The first-order valence-corrected chi connectivity index (χ1v) is 6.33. The molecule has 2 atom stereocenters. The first-order valence-electron chi connectivity index (χ1n) is 6.33. The van der Waals surface area contributed by atoms with Crippen molar-refractivity contribution in [2.45, 2.75) is 45.1 Å². The van der Waals surface area contributed by atoms with Gasteiger partial charge in [0.1, 0.15) is 0 Å². The van der Waals surface area contributed by atoms with Crippen molar-refractivity contribution in [1.29, 1.82) is 0 Å². The maximum Gasteiger partial charge on any atom is 0.0431 e. The molecule has 3 nitrogen and oxygen atoms in total. The van der Waals surface area contributed by atoms with Gasteiger partial charge in [0.15, 0.2) is 0 Å². The zero-order valence-electron chi connectivity index (χ0n) is 9.99. The van der Waals surface area contributed by atoms with E-state index in [4.69, 9.17) is 10.8 Å². The van der Waals surface area contributed by atoms with Crippen LogP contribution in [0.5, 0.6) is 0 Å². The van der Waals surface area contributed by atoms with Gasteiger partial charge in [0.2, 0.25) is 0 Å². The normalized spacial score (nSPS) is 28.2. The van der Waals surface area contributed by atoms with Crippen molar-refractivity contribution in [3.05, 3.63) is 0 Å². The molecule has 3 N–H and O–H groups in total. The zero-order chi connectivity index (χ0) is 11.1. The van der Waals surface area contributed by atoms with Crippen LogP contribution in [0.3, 0.4) is 0 Å². The van der Waals surface area contributed by atoms with Gasteiger partial charge in [0, 0.05) is 19.2 Å². The van der Waals surface area contributed by atoms with Crippen molar-refractivity contribution in [1.82, 2.24) is 4.90 Å². The molecule has 0 spiro atoms. The molecule has 0 amide bonds. The summed E-state index contributed by atoms with van der Waals surface area (Å²) in [7, 11) is 0. The average Bonchev–Trinajstić information content (AvgIpc) is 2.23. The summed E-state index contributed by atoms with van der Waals surface area (Å²) in [6, 6.07) is 0.371. The Labute approximate surface area is 93.6 Å². The molecule has 1 fully saturated rings. The van der Waals surface area contributed by atoms with Gasteiger partial charge in [-0.3, -0.25) is 0 Å². The van der Waals surface area contributed by atoms with E-state index in [1.807, 2.05) is 0 Å². The third-order valence-electron chi connectivity index (χ3n) is 3.48. The van der Waals surface area contributed by atoms with Crippen LogP contribution in [-0.4, -0.2) is 42.3 Å². The Kier molecular flexibility index (Phi) is 6.22. The fraction of sp³-hybridized carbons (Fsp3) is 1.00. The van der Waals surface area contributed by atoms with Crippen LogP contribution in [0.4, 0.5) is 0 Å². The Bertz CT molecular complexity index is 164. The number of nitrogens with two attached hydrogens (primary N) is 1. The average molecular weight is 214 g/mol. The van der Waals surface area contributed by atoms with Crippen molar-refractivity contribution in [2.75, 3.05) is 26.2 Å². The van der Waals surface area contributed by atoms with Crippen molar-refractivity contribution in [3.8, 4) is 0 Å². The fourth-order valence-electron chi connectivity index (χ4n) is 2.17. The summed E-state index contributed by atoms with van der Waals surface area (Å²) in [5.74, 6) is 0.690. The molecule has 0 aromatic carbocycles. The van der Waals surface area contributed by atoms with Crippen molar-refractivity contribution in [3.63, 3.8) is 0 Å². The number of nitrogens with zero attached hydrogens (tertiary/aromatic N) is 1. The molecular weight excluding hydrogens is 188 g/mol. The van der Waals surface area contributed by atoms with Gasteiger partial charge in [-0.05, 0) is 38.3 Å². The molecule has 1 aliphatic rings. The highest BCUT2D eigenvalue weighted by atomic mass is 16.2. The molecule has 3 heteroatoms. The Morgan fingerprint density at radius 1 is 1.27 bits per heavy atom. The summed E-state index contributed by atoms with van der Waals surface area (Å²) in [4.78, 5) is 2.49. The molecule has 1 aliphatic heterocycles. The van der Waals surface area contributed by atoms with Crippen LogP contribution in [-0.2, 0) is 0 Å². The highest BCUT2D eigenvalue weighted by Crippen LogP contribution is 2.15. The van der Waals surface area contributed by atoms with Gasteiger partial charge in [-0.25, -0.2) is 0 Å². The van der Waals surface area contributed by atoms with E-state index in [2.05, 4.69) is 11.8 Å². The third-order valence-corrected chi connectivity index (χ3v) is 3.48. The van der Waals surface area contributed by atoms with E-state index in [1.54, 1.807) is 0 Å². The van der Waals surface area contributed by atoms with Crippen LogP contribution in [0.1, 0.15) is 39.0 Å². The number of likely N-dealkylation sites (tertiary alicyclic amines) is 1. The van der Waals surface area contributed by atoms with E-state index in [9.17, 15) is 0 Å². The second-order valence-electron chi connectivity index (χ2n) is 4.87. The number of hydrogen-bond donors (Lipinski definition) is 2. The Morgan fingerprint density at radius 2 is 2.00 bits per heavy atom. The molecule has 1 saturated heterocycles. The Hall–Kier alpha value is -0.120. The van der Waals surface area contributed by atoms with Crippen LogP contribution in [0.15, 0.2) is 0 Å². The number of rotatable bonds is 6. The molecule has 0 aromatic rings. The van der Waals surface area contributed by atoms with Crippen LogP contribution in [0.2, 0.25) is 0 Å². The summed E-state index contributed by atoms with van der Waals surface area (Å²) in [5.41, 5.74) is 6.05. The summed E-state index contributed by atoms with van der Waals surface area (Å²) in [6.45, 7) is 6.07. The van der Waals surface area contributed by atoms with Gasteiger partial charge in [-0.15, -0.1) is 0 Å². The summed E-state index contributed by atoms with van der Waals surface area (Å²) >= 11 is 0. The van der Waals surface area contributed by atoms with Gasteiger partial charge in [0.25, 0.3) is 0 Å². The smallest absolute Gasteiger partial charge is 0.0431 e. The maximum atomic E-state index is 8.65. The lowest BCUT2D eigenvalue weighted by Gasteiger charge is -2.35. The SMILES string of the molecule is CC1CCN(CCCCCCO)CC1N. The Morgan fingerprint density at radius 3 is 2.67 bits per heavy atom. The molecule has 0 bridgehead atoms. The number of aliphatic hydroxyl groups is 1. The molecule has 1 rings (SSSR count). The summed E-state index contributed by atoms with van der Waals surface area (Å²) in [5, 5.41) is 8.65. The van der Waals surface area contributed by atoms with Crippen molar-refractivity contribution < 1.29 is 5.11 Å². The van der Waals surface area contributed by atoms with Crippen molar-refractivity contribution in [2.24, 2.45) is 11.7 Å². The zero-order valence-corrected chi connectivity index (χ0v) is 9.99. The number of aliphatic hydroxyl groups excluding tert-OH is 1. The second-order valence-corrected chi connectivity index (χ2v) is 4.87. The number of hydrogen-bond acceptors (Lipinski definition) is 3. The predicted molar refractivity (Wildman–Crippen MR) is 63.8 cm³/mol. The molecule has 1 heterocycles. The standard InChI is InChI=1S/C12H26N2O/c1-11-6-8-14(10-12(11)13)7-4-2-3-5-9-15/h11-12,15H,2-10,13H2,1H3. The van der Waals surface area contributed by atoms with E-state index < -0.39 is 0 Å². The van der Waals surface area contributed by atoms with Crippen LogP contribution >= 0.6 is 0 Å². The molecule has 15 heavy (non-hydrogen) atoms. The number of piperidine rings is 1. The van der Waals surface area contributed by atoms with Gasteiger partial charge in [-0.2, -0.15) is 0 Å². The summed E-state index contributed by atoms with van der Waals surface area (Å²) < 4.78 is 0. The van der Waals surface area contributed by atoms with Crippen LogP contribution in [0.25, 0.3) is 0 Å². The van der Waals surface area contributed by atoms with Crippen LogP contribution < -0.4 is 5.73 Å². The van der Waals surface area contributed by atoms with Gasteiger partial charge in [-0.1, -0.05) is 19.8 Å². The van der Waals surface area contributed by atoms with E-state index in [1.165, 1.54) is 32.4 Å². The van der Waals surface area contributed by atoms with Crippen molar-refractivity contribution >= 4 is 0 Å². The van der Waals surface area contributed by atoms with Gasteiger partial charge < -0.3 is 15.7 Å². The lowest BCUT2D eigenvalue weighted by Crippen LogP contribution is -2.47. The van der Waals surface area contributed by atoms with Crippen LogP contribution in [0, 0.1) is 5.92 Å². The minimum Gasteiger partial charge on any atom is -0.396 e. The third kappa shape index (κ3) is 4.96. The largest absolute Gasteiger partial charge is 0.396 e. The molecule has 0 aromatic heterocycles. The first kappa shape index (κ1) is 12.9. The maximum absolute atomic E-state index is 8.65. The van der Waals surface area contributed by atoms with E-state index in [0.717, 1.165) is 19.4 Å². The molecule has 2 unspecified atom stereocenters. The van der Waals surface area contributed by atoms with E-state index in [0.29, 0.717) is 18.6 Å². The number of unbranched alkanes of at least 4 members (excludes halogenated alkanes) is 3. The Balaban J connectivity index is 2.02. The quantitative estimate of drug-likeness (QED) is 0.653. The topological polar surface area (TPSA) is 49.5 Å².